The molecule has 0 N–H and O–H groups in total. The Hall–Kier alpha value is -1.99. The fraction of sp³-hybridized carbons (Fsp3) is 0.588. The first-order valence-electron chi connectivity index (χ1n) is 8.48. The van der Waals surface area contributed by atoms with E-state index >= 15 is 0 Å². The molecule has 0 bridgehead atoms. The molecule has 24 heavy (non-hydrogen) atoms. The zero-order valence-corrected chi connectivity index (χ0v) is 14.7. The van der Waals surface area contributed by atoms with Crippen molar-refractivity contribution in [1.29, 1.82) is 0 Å². The fourth-order valence-corrected chi connectivity index (χ4v) is 2.91. The van der Waals surface area contributed by atoms with Gasteiger partial charge < -0.3 is 9.64 Å². The monoisotopic (exact) mass is 330 g/mol. The molecular formula is C17H26N6O. The first kappa shape index (κ1) is 16.9. The number of morpholine rings is 1. The van der Waals surface area contributed by atoms with E-state index in [1.54, 1.807) is 6.20 Å². The van der Waals surface area contributed by atoms with Gasteiger partial charge in [0.15, 0.2) is 5.82 Å². The van der Waals surface area contributed by atoms with Crippen LogP contribution in [-0.2, 0) is 11.3 Å². The van der Waals surface area contributed by atoms with Crippen LogP contribution in [0.2, 0.25) is 0 Å². The standard InChI is InChI=1S/C17H26N6O/c1-14(2)23-8-6-15(20-23)11-22-9-10-24-16(13-22)12-21(3)17-5-4-7-18-19-17/h4-8,14,16H,9-13H2,1-3H3/t16-/m1/s1. The van der Waals surface area contributed by atoms with E-state index in [-0.39, 0.29) is 6.10 Å². The highest BCUT2D eigenvalue weighted by Gasteiger charge is 2.23. The quantitative estimate of drug-likeness (QED) is 0.802. The van der Waals surface area contributed by atoms with Crippen LogP contribution < -0.4 is 4.90 Å². The molecule has 0 amide bonds. The summed E-state index contributed by atoms with van der Waals surface area (Å²) >= 11 is 0. The lowest BCUT2D eigenvalue weighted by atomic mass is 10.2. The summed E-state index contributed by atoms with van der Waals surface area (Å²) < 4.78 is 7.93. The number of nitrogens with zero attached hydrogens (tertiary/aromatic N) is 6. The summed E-state index contributed by atoms with van der Waals surface area (Å²) in [7, 11) is 2.02. The van der Waals surface area contributed by atoms with Crippen molar-refractivity contribution < 1.29 is 4.74 Å². The van der Waals surface area contributed by atoms with Crippen molar-refractivity contribution in [1.82, 2.24) is 24.9 Å². The SMILES string of the molecule is CC(C)n1ccc(CN2CCO[C@H](CN(C)c3cccnn3)C2)n1. The molecule has 3 rings (SSSR count). The molecule has 0 aliphatic carbocycles. The molecule has 1 fully saturated rings. The van der Waals surface area contributed by atoms with Crippen LogP contribution in [0.15, 0.2) is 30.6 Å². The van der Waals surface area contributed by atoms with Crippen LogP contribution >= 0.6 is 0 Å². The predicted molar refractivity (Wildman–Crippen MR) is 92.9 cm³/mol. The largest absolute Gasteiger partial charge is 0.374 e. The van der Waals surface area contributed by atoms with Crippen LogP contribution in [0.4, 0.5) is 5.82 Å². The van der Waals surface area contributed by atoms with Crippen LogP contribution in [0, 0.1) is 0 Å². The zero-order chi connectivity index (χ0) is 16.9. The summed E-state index contributed by atoms with van der Waals surface area (Å²) in [5, 5.41) is 12.7. The highest BCUT2D eigenvalue weighted by atomic mass is 16.5. The number of ether oxygens (including phenoxy) is 1. The maximum atomic E-state index is 5.92. The molecule has 1 aliphatic rings. The minimum Gasteiger partial charge on any atom is -0.374 e. The van der Waals surface area contributed by atoms with Gasteiger partial charge in [0.05, 0.1) is 18.4 Å². The number of hydrogen-bond acceptors (Lipinski definition) is 6. The van der Waals surface area contributed by atoms with E-state index < -0.39 is 0 Å². The lowest BCUT2D eigenvalue weighted by Crippen LogP contribution is -2.46. The molecule has 0 radical (unpaired) electrons. The Morgan fingerprint density at radius 2 is 2.25 bits per heavy atom. The van der Waals surface area contributed by atoms with Crippen LogP contribution in [0.3, 0.4) is 0 Å². The van der Waals surface area contributed by atoms with Crippen molar-refractivity contribution in [2.24, 2.45) is 0 Å². The third-order valence-corrected chi connectivity index (χ3v) is 4.23. The molecule has 0 unspecified atom stereocenters. The van der Waals surface area contributed by atoms with Crippen LogP contribution in [0.5, 0.6) is 0 Å². The van der Waals surface area contributed by atoms with E-state index in [1.807, 2.05) is 23.9 Å². The Bertz CT molecular complexity index is 629. The summed E-state index contributed by atoms with van der Waals surface area (Å²) in [5.41, 5.74) is 1.12. The van der Waals surface area contributed by atoms with Gasteiger partial charge in [-0.15, -0.1) is 5.10 Å². The molecular weight excluding hydrogens is 304 g/mol. The van der Waals surface area contributed by atoms with E-state index in [0.29, 0.717) is 6.04 Å². The zero-order valence-electron chi connectivity index (χ0n) is 14.7. The second kappa shape index (κ2) is 7.72. The molecule has 1 saturated heterocycles. The molecule has 2 aromatic rings. The predicted octanol–water partition coefficient (Wildman–Crippen LogP) is 1.59. The molecule has 130 valence electrons. The van der Waals surface area contributed by atoms with Gasteiger partial charge >= 0.3 is 0 Å². The van der Waals surface area contributed by atoms with Crippen molar-refractivity contribution in [2.75, 3.05) is 38.2 Å². The third-order valence-electron chi connectivity index (χ3n) is 4.23. The van der Waals surface area contributed by atoms with E-state index in [1.165, 1.54) is 0 Å². The molecule has 1 aliphatic heterocycles. The Morgan fingerprint density at radius 3 is 2.96 bits per heavy atom. The average molecular weight is 330 g/mol. The smallest absolute Gasteiger partial charge is 0.151 e. The summed E-state index contributed by atoms with van der Waals surface area (Å²) in [5.74, 6) is 0.869. The van der Waals surface area contributed by atoms with Crippen molar-refractivity contribution >= 4 is 5.82 Å². The van der Waals surface area contributed by atoms with Crippen LogP contribution in [0.25, 0.3) is 0 Å². The summed E-state index contributed by atoms with van der Waals surface area (Å²) in [4.78, 5) is 4.50. The minimum absolute atomic E-state index is 0.165. The average Bonchev–Trinajstić information content (AvgIpc) is 3.05. The first-order chi connectivity index (χ1) is 11.6. The van der Waals surface area contributed by atoms with Crippen molar-refractivity contribution in [3.63, 3.8) is 0 Å². The van der Waals surface area contributed by atoms with Gasteiger partial charge in [0.1, 0.15) is 0 Å². The molecule has 0 saturated carbocycles. The Morgan fingerprint density at radius 1 is 1.38 bits per heavy atom. The topological polar surface area (TPSA) is 59.3 Å². The maximum Gasteiger partial charge on any atom is 0.151 e. The molecule has 2 aromatic heterocycles. The second-order valence-electron chi connectivity index (χ2n) is 6.57. The van der Waals surface area contributed by atoms with Gasteiger partial charge in [-0.1, -0.05) is 0 Å². The molecule has 7 nitrogen and oxygen atoms in total. The maximum absolute atomic E-state index is 5.92. The fourth-order valence-electron chi connectivity index (χ4n) is 2.91. The second-order valence-corrected chi connectivity index (χ2v) is 6.57. The molecule has 3 heterocycles. The first-order valence-corrected chi connectivity index (χ1v) is 8.48. The van der Waals surface area contributed by atoms with Gasteiger partial charge in [0, 0.05) is 51.7 Å². The number of hydrogen-bond donors (Lipinski definition) is 0. The summed E-state index contributed by atoms with van der Waals surface area (Å²) in [6, 6.07) is 6.37. The van der Waals surface area contributed by atoms with E-state index in [0.717, 1.165) is 44.3 Å². The van der Waals surface area contributed by atoms with E-state index in [2.05, 4.69) is 51.2 Å². The van der Waals surface area contributed by atoms with Gasteiger partial charge in [-0.25, -0.2) is 0 Å². The third kappa shape index (κ3) is 4.30. The van der Waals surface area contributed by atoms with Gasteiger partial charge in [0.25, 0.3) is 0 Å². The molecule has 0 spiro atoms. The Balaban J connectivity index is 1.54. The van der Waals surface area contributed by atoms with Crippen molar-refractivity contribution in [3.05, 3.63) is 36.3 Å². The van der Waals surface area contributed by atoms with Crippen molar-refractivity contribution in [3.8, 4) is 0 Å². The van der Waals surface area contributed by atoms with Gasteiger partial charge in [-0.3, -0.25) is 9.58 Å². The van der Waals surface area contributed by atoms with Crippen molar-refractivity contribution in [2.45, 2.75) is 32.5 Å². The lowest BCUT2D eigenvalue weighted by Gasteiger charge is -2.34. The number of anilines is 1. The molecule has 7 heteroatoms. The van der Waals surface area contributed by atoms with Gasteiger partial charge in [-0.2, -0.15) is 10.2 Å². The highest BCUT2D eigenvalue weighted by Crippen LogP contribution is 2.13. The van der Waals surface area contributed by atoms with Gasteiger partial charge in [-0.05, 0) is 32.0 Å². The van der Waals surface area contributed by atoms with Crippen LogP contribution in [-0.4, -0.2) is 64.3 Å². The number of rotatable bonds is 6. The van der Waals surface area contributed by atoms with Crippen LogP contribution in [0.1, 0.15) is 25.6 Å². The number of likely N-dealkylation sites (N-methyl/N-ethyl adjacent to an activating group) is 1. The highest BCUT2D eigenvalue weighted by molar-refractivity contribution is 5.35. The lowest BCUT2D eigenvalue weighted by molar-refractivity contribution is -0.0269. The van der Waals surface area contributed by atoms with E-state index in [4.69, 9.17) is 4.74 Å². The van der Waals surface area contributed by atoms with E-state index in [9.17, 15) is 0 Å². The minimum atomic E-state index is 0.165. The molecule has 1 atom stereocenters. The number of aromatic nitrogens is 4. The summed E-state index contributed by atoms with van der Waals surface area (Å²) in [6.07, 6.45) is 3.91. The molecule has 0 aromatic carbocycles. The Labute approximate surface area is 143 Å². The summed E-state index contributed by atoms with van der Waals surface area (Å²) in [6.45, 7) is 8.56. The van der Waals surface area contributed by atoms with Gasteiger partial charge in [0.2, 0.25) is 0 Å². The Kier molecular flexibility index (Phi) is 5.42. The normalized spacial score (nSPS) is 18.9.